The molecule has 4 rings (SSSR count). The topological polar surface area (TPSA) is 57.2 Å². The van der Waals surface area contributed by atoms with Crippen LogP contribution in [0.3, 0.4) is 0 Å². The van der Waals surface area contributed by atoms with Gasteiger partial charge in [-0.05, 0) is 35.9 Å². The van der Waals surface area contributed by atoms with Crippen LogP contribution in [0.15, 0.2) is 53.6 Å². The molecule has 1 unspecified atom stereocenters. The fourth-order valence-corrected chi connectivity index (χ4v) is 3.82. The average molecular weight is 396 g/mol. The Morgan fingerprint density at radius 1 is 1.17 bits per heavy atom. The normalized spacial score (nSPS) is 19.9. The molecule has 2 aromatic carbocycles. The van der Waals surface area contributed by atoms with Crippen molar-refractivity contribution < 1.29 is 13.9 Å². The summed E-state index contributed by atoms with van der Waals surface area (Å²) in [5.74, 6) is 0.331. The fourth-order valence-electron chi connectivity index (χ4n) is 3.82. The summed E-state index contributed by atoms with van der Waals surface area (Å²) in [6.07, 6.45) is 0.473. The summed E-state index contributed by atoms with van der Waals surface area (Å²) in [7, 11) is 1.62. The van der Waals surface area contributed by atoms with Gasteiger partial charge >= 0.3 is 0 Å². The van der Waals surface area contributed by atoms with Gasteiger partial charge in [-0.1, -0.05) is 18.2 Å². The number of carbonyl (C=O) groups excluding carboxylic acids is 1. The standard InChI is InChI=1S/C22H25FN4O2/c1-29-17-8-6-16(7-9-17)20-14-21(18-4-2-3-5-19(18)23)27(25-20)22(28)15-26-12-10-24-11-13-26/h2-9,21,24H,10-15H2,1H3. The first kappa shape index (κ1) is 19.5. The van der Waals surface area contributed by atoms with Crippen LogP contribution >= 0.6 is 0 Å². The minimum atomic E-state index is -0.441. The third kappa shape index (κ3) is 4.31. The van der Waals surface area contributed by atoms with E-state index in [0.717, 1.165) is 43.2 Å². The zero-order chi connectivity index (χ0) is 20.2. The van der Waals surface area contributed by atoms with Gasteiger partial charge in [0.1, 0.15) is 11.6 Å². The van der Waals surface area contributed by atoms with Gasteiger partial charge in [0.2, 0.25) is 0 Å². The highest BCUT2D eigenvalue weighted by Gasteiger charge is 2.35. The van der Waals surface area contributed by atoms with E-state index in [1.807, 2.05) is 24.3 Å². The van der Waals surface area contributed by atoms with Crippen LogP contribution in [-0.2, 0) is 4.79 Å². The lowest BCUT2D eigenvalue weighted by molar-refractivity contribution is -0.134. The van der Waals surface area contributed by atoms with Gasteiger partial charge in [0.15, 0.2) is 0 Å². The Morgan fingerprint density at radius 3 is 2.59 bits per heavy atom. The SMILES string of the molecule is COc1ccc(C2=NN(C(=O)CN3CCNCC3)C(c3ccccc3F)C2)cc1. The number of hydrogen-bond acceptors (Lipinski definition) is 5. The van der Waals surface area contributed by atoms with Gasteiger partial charge in [0.05, 0.1) is 25.4 Å². The lowest BCUT2D eigenvalue weighted by atomic mass is 9.98. The molecule has 2 heterocycles. The minimum absolute atomic E-state index is 0.108. The van der Waals surface area contributed by atoms with E-state index in [0.29, 0.717) is 12.0 Å². The van der Waals surface area contributed by atoms with Crippen molar-refractivity contribution >= 4 is 11.6 Å². The third-order valence-electron chi connectivity index (χ3n) is 5.42. The van der Waals surface area contributed by atoms with Crippen LogP contribution in [0, 0.1) is 5.82 Å². The maximum Gasteiger partial charge on any atom is 0.257 e. The second kappa shape index (κ2) is 8.71. The highest BCUT2D eigenvalue weighted by Crippen LogP contribution is 2.34. The predicted molar refractivity (Wildman–Crippen MR) is 109 cm³/mol. The molecule has 0 saturated carbocycles. The predicted octanol–water partition coefficient (Wildman–Crippen LogP) is 2.42. The Hall–Kier alpha value is -2.77. The van der Waals surface area contributed by atoms with E-state index in [1.54, 1.807) is 25.3 Å². The van der Waals surface area contributed by atoms with Crippen molar-refractivity contribution in [2.45, 2.75) is 12.5 Å². The lowest BCUT2D eigenvalue weighted by Crippen LogP contribution is -2.47. The molecule has 0 bridgehead atoms. The van der Waals surface area contributed by atoms with E-state index in [1.165, 1.54) is 11.1 Å². The number of hydrazone groups is 1. The first-order chi connectivity index (χ1) is 14.2. The van der Waals surface area contributed by atoms with Crippen LogP contribution < -0.4 is 10.1 Å². The molecule has 1 saturated heterocycles. The first-order valence-electron chi connectivity index (χ1n) is 9.87. The summed E-state index contributed by atoms with van der Waals surface area (Å²) in [5, 5.41) is 9.38. The van der Waals surface area contributed by atoms with Crippen molar-refractivity contribution in [1.82, 2.24) is 15.2 Å². The number of hydrogen-bond donors (Lipinski definition) is 1. The average Bonchev–Trinajstić information content (AvgIpc) is 3.20. The van der Waals surface area contributed by atoms with Gasteiger partial charge in [-0.3, -0.25) is 9.69 Å². The van der Waals surface area contributed by atoms with E-state index in [-0.39, 0.29) is 18.3 Å². The van der Waals surface area contributed by atoms with Crippen LogP contribution in [0.5, 0.6) is 5.75 Å². The van der Waals surface area contributed by atoms with Crippen molar-refractivity contribution in [3.8, 4) is 5.75 Å². The summed E-state index contributed by atoms with van der Waals surface area (Å²) in [5.41, 5.74) is 2.17. The van der Waals surface area contributed by atoms with Crippen molar-refractivity contribution in [3.05, 3.63) is 65.5 Å². The Balaban J connectivity index is 1.61. The van der Waals surface area contributed by atoms with Crippen LogP contribution in [-0.4, -0.2) is 61.4 Å². The Kier molecular flexibility index (Phi) is 5.87. The number of nitrogens with one attached hydrogen (secondary N) is 1. The number of rotatable bonds is 5. The van der Waals surface area contributed by atoms with Crippen LogP contribution in [0.4, 0.5) is 4.39 Å². The Morgan fingerprint density at radius 2 is 1.90 bits per heavy atom. The molecule has 2 aromatic rings. The van der Waals surface area contributed by atoms with Crippen molar-refractivity contribution in [2.75, 3.05) is 39.8 Å². The van der Waals surface area contributed by atoms with E-state index in [4.69, 9.17) is 4.74 Å². The molecule has 0 aromatic heterocycles. The lowest BCUT2D eigenvalue weighted by Gasteiger charge is -2.29. The zero-order valence-corrected chi connectivity index (χ0v) is 16.5. The third-order valence-corrected chi connectivity index (χ3v) is 5.42. The maximum atomic E-state index is 14.5. The van der Waals surface area contributed by atoms with E-state index in [2.05, 4.69) is 15.3 Å². The molecular weight excluding hydrogens is 371 g/mol. The number of methoxy groups -OCH3 is 1. The molecule has 2 aliphatic heterocycles. The van der Waals surface area contributed by atoms with Gasteiger partial charge in [0, 0.05) is 38.2 Å². The smallest absolute Gasteiger partial charge is 0.257 e. The number of piperazine rings is 1. The highest BCUT2D eigenvalue weighted by atomic mass is 19.1. The summed E-state index contributed by atoms with van der Waals surface area (Å²) >= 11 is 0. The molecule has 1 atom stereocenters. The zero-order valence-electron chi connectivity index (χ0n) is 16.5. The molecule has 1 N–H and O–H groups in total. The molecule has 0 spiro atoms. The van der Waals surface area contributed by atoms with Crippen LogP contribution in [0.25, 0.3) is 0 Å². The van der Waals surface area contributed by atoms with Crippen molar-refractivity contribution in [3.63, 3.8) is 0 Å². The van der Waals surface area contributed by atoms with Gasteiger partial charge in [-0.15, -0.1) is 0 Å². The van der Waals surface area contributed by atoms with Crippen molar-refractivity contribution in [2.24, 2.45) is 5.10 Å². The van der Waals surface area contributed by atoms with Gasteiger partial charge in [-0.25, -0.2) is 9.40 Å². The quantitative estimate of drug-likeness (QED) is 0.843. The van der Waals surface area contributed by atoms with Crippen LogP contribution in [0.1, 0.15) is 23.6 Å². The summed E-state index contributed by atoms with van der Waals surface area (Å²) in [6.45, 7) is 3.65. The van der Waals surface area contributed by atoms with Gasteiger partial charge in [-0.2, -0.15) is 5.10 Å². The molecule has 1 fully saturated rings. The first-order valence-corrected chi connectivity index (χ1v) is 9.87. The second-order valence-corrected chi connectivity index (χ2v) is 7.28. The number of amides is 1. The maximum absolute atomic E-state index is 14.5. The number of ether oxygens (including phenoxy) is 1. The number of carbonyl (C=O) groups is 1. The number of halogens is 1. The molecule has 1 amide bonds. The van der Waals surface area contributed by atoms with Crippen molar-refractivity contribution in [1.29, 1.82) is 0 Å². The molecule has 0 aliphatic carbocycles. The molecule has 2 aliphatic rings. The van der Waals surface area contributed by atoms with Gasteiger partial charge < -0.3 is 10.1 Å². The van der Waals surface area contributed by atoms with E-state index in [9.17, 15) is 9.18 Å². The monoisotopic (exact) mass is 396 g/mol. The summed E-state index contributed by atoms with van der Waals surface area (Å²) in [4.78, 5) is 15.2. The summed E-state index contributed by atoms with van der Waals surface area (Å²) < 4.78 is 19.8. The largest absolute Gasteiger partial charge is 0.497 e. The molecule has 7 heteroatoms. The Labute approximate surface area is 170 Å². The van der Waals surface area contributed by atoms with Crippen LogP contribution in [0.2, 0.25) is 0 Å². The minimum Gasteiger partial charge on any atom is -0.497 e. The second-order valence-electron chi connectivity index (χ2n) is 7.28. The fraction of sp³-hybridized carbons (Fsp3) is 0.364. The molecule has 152 valence electrons. The highest BCUT2D eigenvalue weighted by molar-refractivity contribution is 6.03. The van der Waals surface area contributed by atoms with E-state index < -0.39 is 6.04 Å². The molecule has 6 nitrogen and oxygen atoms in total. The molecule has 0 radical (unpaired) electrons. The Bertz CT molecular complexity index is 894. The van der Waals surface area contributed by atoms with E-state index >= 15 is 0 Å². The number of nitrogens with zero attached hydrogens (tertiary/aromatic N) is 3. The summed E-state index contributed by atoms with van der Waals surface area (Å²) in [6, 6.07) is 13.7. The van der Waals surface area contributed by atoms with Gasteiger partial charge in [0.25, 0.3) is 5.91 Å². The molecular formula is C22H25FN4O2. The molecule has 29 heavy (non-hydrogen) atoms. The number of benzene rings is 2.